The number of benzene rings is 1. The Hall–Kier alpha value is -1.35. The SMILES string of the molecule is CC(C)Cc1ccc(-c2nc(O)cs2)cc1. The zero-order valence-corrected chi connectivity index (χ0v) is 10.3. The van der Waals surface area contributed by atoms with Crippen molar-refractivity contribution in [3.63, 3.8) is 0 Å². The van der Waals surface area contributed by atoms with Crippen LogP contribution in [0.3, 0.4) is 0 Å². The molecule has 0 aliphatic heterocycles. The van der Waals surface area contributed by atoms with Gasteiger partial charge < -0.3 is 5.11 Å². The number of hydrogen-bond acceptors (Lipinski definition) is 3. The fourth-order valence-corrected chi connectivity index (χ4v) is 2.34. The Bertz CT molecular complexity index is 459. The lowest BCUT2D eigenvalue weighted by Gasteiger charge is -2.05. The van der Waals surface area contributed by atoms with Gasteiger partial charge in [0, 0.05) is 5.56 Å². The second-order valence-electron chi connectivity index (χ2n) is 4.31. The predicted molar refractivity (Wildman–Crippen MR) is 67.8 cm³/mol. The standard InChI is InChI=1S/C13H15NOS/c1-9(2)7-10-3-5-11(6-4-10)13-14-12(15)8-16-13/h3-6,8-9,15H,7H2,1-2H3. The van der Waals surface area contributed by atoms with Crippen LogP contribution in [0.4, 0.5) is 0 Å². The maximum atomic E-state index is 9.19. The van der Waals surface area contributed by atoms with Gasteiger partial charge in [-0.2, -0.15) is 0 Å². The zero-order chi connectivity index (χ0) is 11.5. The molecule has 0 radical (unpaired) electrons. The van der Waals surface area contributed by atoms with Crippen LogP contribution in [0.15, 0.2) is 29.6 Å². The van der Waals surface area contributed by atoms with Crippen LogP contribution in [0, 0.1) is 5.92 Å². The minimum Gasteiger partial charge on any atom is -0.493 e. The first-order valence-corrected chi connectivity index (χ1v) is 6.27. The number of hydrogen-bond donors (Lipinski definition) is 1. The number of thiazole rings is 1. The van der Waals surface area contributed by atoms with Crippen molar-refractivity contribution in [3.8, 4) is 16.5 Å². The molecule has 0 atom stereocenters. The molecule has 1 N–H and O–H groups in total. The molecule has 84 valence electrons. The average Bonchev–Trinajstić information content (AvgIpc) is 2.65. The lowest BCUT2D eigenvalue weighted by molar-refractivity contribution is 0.458. The van der Waals surface area contributed by atoms with E-state index in [1.165, 1.54) is 16.9 Å². The molecule has 0 aliphatic carbocycles. The van der Waals surface area contributed by atoms with Crippen LogP contribution < -0.4 is 0 Å². The van der Waals surface area contributed by atoms with Crippen LogP contribution in [0.2, 0.25) is 0 Å². The van der Waals surface area contributed by atoms with Gasteiger partial charge in [0.1, 0.15) is 5.01 Å². The molecule has 2 rings (SSSR count). The first kappa shape index (κ1) is 11.1. The van der Waals surface area contributed by atoms with Gasteiger partial charge in [-0.1, -0.05) is 38.1 Å². The Morgan fingerprint density at radius 1 is 1.25 bits per heavy atom. The van der Waals surface area contributed by atoms with E-state index in [4.69, 9.17) is 0 Å². The van der Waals surface area contributed by atoms with Gasteiger partial charge in [0.05, 0.1) is 5.38 Å². The van der Waals surface area contributed by atoms with Crippen LogP contribution in [-0.4, -0.2) is 10.1 Å². The highest BCUT2D eigenvalue weighted by Gasteiger charge is 2.04. The van der Waals surface area contributed by atoms with Crippen molar-refractivity contribution in [3.05, 3.63) is 35.2 Å². The maximum Gasteiger partial charge on any atom is 0.222 e. The van der Waals surface area contributed by atoms with E-state index in [0.29, 0.717) is 5.92 Å². The third-order valence-electron chi connectivity index (χ3n) is 2.34. The molecule has 0 amide bonds. The van der Waals surface area contributed by atoms with Gasteiger partial charge in [0.15, 0.2) is 0 Å². The van der Waals surface area contributed by atoms with Gasteiger partial charge in [-0.3, -0.25) is 0 Å². The predicted octanol–water partition coefficient (Wildman–Crippen LogP) is 3.71. The molecular formula is C13H15NOS. The molecule has 0 saturated heterocycles. The molecule has 0 fully saturated rings. The Kier molecular flexibility index (Phi) is 3.25. The lowest BCUT2D eigenvalue weighted by atomic mass is 10.0. The van der Waals surface area contributed by atoms with Crippen LogP contribution in [0.25, 0.3) is 10.6 Å². The number of nitrogens with zero attached hydrogens (tertiary/aromatic N) is 1. The van der Waals surface area contributed by atoms with Crippen molar-refractivity contribution in [2.75, 3.05) is 0 Å². The molecule has 0 unspecified atom stereocenters. The van der Waals surface area contributed by atoms with Crippen molar-refractivity contribution in [2.45, 2.75) is 20.3 Å². The summed E-state index contributed by atoms with van der Waals surface area (Å²) in [6.07, 6.45) is 1.10. The van der Waals surface area contributed by atoms with Gasteiger partial charge in [-0.05, 0) is 17.9 Å². The van der Waals surface area contributed by atoms with E-state index in [1.54, 1.807) is 5.38 Å². The summed E-state index contributed by atoms with van der Waals surface area (Å²) in [6, 6.07) is 8.40. The lowest BCUT2D eigenvalue weighted by Crippen LogP contribution is -1.93. The van der Waals surface area contributed by atoms with Gasteiger partial charge in [-0.25, -0.2) is 4.98 Å². The molecule has 1 aromatic carbocycles. The highest BCUT2D eigenvalue weighted by atomic mass is 32.1. The van der Waals surface area contributed by atoms with Crippen LogP contribution in [0.1, 0.15) is 19.4 Å². The van der Waals surface area contributed by atoms with Crippen molar-refractivity contribution in [1.82, 2.24) is 4.98 Å². The Morgan fingerprint density at radius 3 is 2.44 bits per heavy atom. The third kappa shape index (κ3) is 2.61. The fourth-order valence-electron chi connectivity index (χ4n) is 1.65. The highest BCUT2D eigenvalue weighted by Crippen LogP contribution is 2.26. The Labute approximate surface area is 99.6 Å². The van der Waals surface area contributed by atoms with Crippen molar-refractivity contribution < 1.29 is 5.11 Å². The minimum absolute atomic E-state index is 0.103. The molecule has 0 bridgehead atoms. The topological polar surface area (TPSA) is 33.1 Å². The number of aromatic nitrogens is 1. The summed E-state index contributed by atoms with van der Waals surface area (Å²) in [6.45, 7) is 4.43. The first-order chi connectivity index (χ1) is 7.65. The smallest absolute Gasteiger partial charge is 0.222 e. The molecule has 3 heteroatoms. The van der Waals surface area contributed by atoms with E-state index in [2.05, 4.69) is 43.1 Å². The summed E-state index contributed by atoms with van der Waals surface area (Å²) >= 11 is 1.46. The quantitative estimate of drug-likeness (QED) is 0.876. The van der Waals surface area contributed by atoms with E-state index in [-0.39, 0.29) is 5.88 Å². The van der Waals surface area contributed by atoms with E-state index in [9.17, 15) is 5.11 Å². The van der Waals surface area contributed by atoms with Gasteiger partial charge in [0.2, 0.25) is 5.88 Å². The molecule has 0 aliphatic rings. The minimum atomic E-state index is 0.103. The molecule has 1 aromatic heterocycles. The van der Waals surface area contributed by atoms with Gasteiger partial charge in [-0.15, -0.1) is 11.3 Å². The van der Waals surface area contributed by atoms with Gasteiger partial charge >= 0.3 is 0 Å². The molecule has 0 spiro atoms. The number of aromatic hydroxyl groups is 1. The number of rotatable bonds is 3. The zero-order valence-electron chi connectivity index (χ0n) is 9.47. The second-order valence-corrected chi connectivity index (χ2v) is 5.16. The van der Waals surface area contributed by atoms with Crippen LogP contribution in [0.5, 0.6) is 5.88 Å². The summed E-state index contributed by atoms with van der Waals surface area (Å²) in [4.78, 5) is 4.05. The van der Waals surface area contributed by atoms with Crippen molar-refractivity contribution in [1.29, 1.82) is 0 Å². The average molecular weight is 233 g/mol. The van der Waals surface area contributed by atoms with E-state index in [1.807, 2.05) is 0 Å². The molecule has 0 saturated carbocycles. The third-order valence-corrected chi connectivity index (χ3v) is 3.22. The Balaban J connectivity index is 2.19. The summed E-state index contributed by atoms with van der Waals surface area (Å²) in [7, 11) is 0. The summed E-state index contributed by atoms with van der Waals surface area (Å²) in [5, 5.41) is 11.7. The highest BCUT2D eigenvalue weighted by molar-refractivity contribution is 7.13. The first-order valence-electron chi connectivity index (χ1n) is 5.39. The van der Waals surface area contributed by atoms with E-state index in [0.717, 1.165) is 17.0 Å². The van der Waals surface area contributed by atoms with E-state index >= 15 is 0 Å². The summed E-state index contributed by atoms with van der Waals surface area (Å²) in [5.41, 5.74) is 2.41. The fraction of sp³-hybridized carbons (Fsp3) is 0.308. The Morgan fingerprint density at radius 2 is 1.94 bits per heavy atom. The van der Waals surface area contributed by atoms with Crippen molar-refractivity contribution >= 4 is 11.3 Å². The second kappa shape index (κ2) is 4.66. The molecule has 16 heavy (non-hydrogen) atoms. The molecule has 1 heterocycles. The monoisotopic (exact) mass is 233 g/mol. The largest absolute Gasteiger partial charge is 0.493 e. The van der Waals surface area contributed by atoms with Crippen LogP contribution >= 0.6 is 11.3 Å². The molecule has 2 nitrogen and oxygen atoms in total. The maximum absolute atomic E-state index is 9.19. The summed E-state index contributed by atoms with van der Waals surface area (Å²) < 4.78 is 0. The molecule has 2 aromatic rings. The van der Waals surface area contributed by atoms with E-state index < -0.39 is 0 Å². The van der Waals surface area contributed by atoms with Gasteiger partial charge in [0.25, 0.3) is 0 Å². The summed E-state index contributed by atoms with van der Waals surface area (Å²) in [5.74, 6) is 0.779. The van der Waals surface area contributed by atoms with Crippen molar-refractivity contribution in [2.24, 2.45) is 5.92 Å². The van der Waals surface area contributed by atoms with Crippen LogP contribution in [-0.2, 0) is 6.42 Å². The molecular weight excluding hydrogens is 218 g/mol. The normalized spacial score (nSPS) is 10.9.